The molecular weight excluding hydrogens is 480 g/mol. The molecule has 0 aliphatic carbocycles. The summed E-state index contributed by atoms with van der Waals surface area (Å²) < 4.78 is 41.3. The SMILES string of the molecule is C[n+]1cc(SS(=O)(=O)c2cnccc2Cl)c(Nc2ccc(F)cc2)c2ccccc21.[Cl-]. The van der Waals surface area contributed by atoms with E-state index in [1.807, 2.05) is 35.9 Å². The van der Waals surface area contributed by atoms with Gasteiger partial charge in [0.1, 0.15) is 22.7 Å². The fraction of sp³-hybridized carbons (Fsp3) is 0.0476. The van der Waals surface area contributed by atoms with Crippen LogP contribution >= 0.6 is 22.4 Å². The molecule has 5 nitrogen and oxygen atoms in total. The van der Waals surface area contributed by atoms with Gasteiger partial charge in [-0.1, -0.05) is 23.7 Å². The molecule has 1 N–H and O–H groups in total. The van der Waals surface area contributed by atoms with E-state index < -0.39 is 8.87 Å². The lowest BCUT2D eigenvalue weighted by atomic mass is 10.1. The lowest BCUT2D eigenvalue weighted by molar-refractivity contribution is -0.646. The Bertz CT molecular complexity index is 1350. The van der Waals surface area contributed by atoms with Gasteiger partial charge in [0.2, 0.25) is 14.4 Å². The predicted octanol–water partition coefficient (Wildman–Crippen LogP) is 2.08. The number of aromatic nitrogens is 2. The van der Waals surface area contributed by atoms with Gasteiger partial charge in [-0.05, 0) is 36.4 Å². The van der Waals surface area contributed by atoms with E-state index in [-0.39, 0.29) is 28.1 Å². The molecule has 2 aromatic heterocycles. The summed E-state index contributed by atoms with van der Waals surface area (Å²) in [6.07, 6.45) is 4.41. The van der Waals surface area contributed by atoms with Gasteiger partial charge in [0, 0.05) is 34.9 Å². The smallest absolute Gasteiger partial charge is 0.237 e. The summed E-state index contributed by atoms with van der Waals surface area (Å²) in [5.41, 5.74) is 2.14. The van der Waals surface area contributed by atoms with Crippen molar-refractivity contribution in [3.05, 3.63) is 84.0 Å². The maximum absolute atomic E-state index is 13.3. The Morgan fingerprint density at radius 2 is 1.81 bits per heavy atom. The summed E-state index contributed by atoms with van der Waals surface area (Å²) in [4.78, 5) is 4.30. The molecule has 10 heteroatoms. The highest BCUT2D eigenvalue weighted by Gasteiger charge is 2.26. The van der Waals surface area contributed by atoms with Gasteiger partial charge in [0.05, 0.1) is 16.1 Å². The van der Waals surface area contributed by atoms with E-state index in [1.165, 1.54) is 30.6 Å². The third-order valence-electron chi connectivity index (χ3n) is 4.43. The van der Waals surface area contributed by atoms with Crippen LogP contribution in [-0.2, 0) is 15.9 Å². The van der Waals surface area contributed by atoms with Crippen molar-refractivity contribution in [1.29, 1.82) is 0 Å². The van der Waals surface area contributed by atoms with Gasteiger partial charge in [0.15, 0.2) is 6.20 Å². The number of pyridine rings is 2. The summed E-state index contributed by atoms with van der Waals surface area (Å²) in [6, 6.07) is 14.9. The second kappa shape index (κ2) is 9.40. The number of hydrogen-bond acceptors (Lipinski definition) is 5. The molecule has 31 heavy (non-hydrogen) atoms. The van der Waals surface area contributed by atoms with E-state index in [4.69, 9.17) is 11.6 Å². The van der Waals surface area contributed by atoms with Crippen LogP contribution < -0.4 is 22.3 Å². The first-order valence-electron chi connectivity index (χ1n) is 8.83. The summed E-state index contributed by atoms with van der Waals surface area (Å²) in [5, 5.41) is 4.17. The molecule has 2 aromatic carbocycles. The highest BCUT2D eigenvalue weighted by molar-refractivity contribution is 8.72. The van der Waals surface area contributed by atoms with E-state index in [2.05, 4.69) is 10.3 Å². The Morgan fingerprint density at radius 3 is 2.52 bits per heavy atom. The average molecular weight is 496 g/mol. The Morgan fingerprint density at radius 1 is 1.10 bits per heavy atom. The first kappa shape index (κ1) is 23.3. The Balaban J connectivity index is 0.00000272. The lowest BCUT2D eigenvalue weighted by Gasteiger charge is -2.14. The molecule has 0 spiro atoms. The predicted molar refractivity (Wildman–Crippen MR) is 117 cm³/mol. The van der Waals surface area contributed by atoms with Crippen molar-refractivity contribution in [2.45, 2.75) is 9.79 Å². The number of nitrogens with zero attached hydrogens (tertiary/aromatic N) is 2. The minimum absolute atomic E-state index is 0. The van der Waals surface area contributed by atoms with Crippen LogP contribution in [0.2, 0.25) is 5.02 Å². The van der Waals surface area contributed by atoms with Gasteiger partial charge in [-0.3, -0.25) is 4.98 Å². The van der Waals surface area contributed by atoms with Gasteiger partial charge in [-0.25, -0.2) is 12.8 Å². The molecule has 0 atom stereocenters. The molecule has 0 aliphatic rings. The molecule has 0 amide bonds. The largest absolute Gasteiger partial charge is 1.00 e. The molecule has 0 radical (unpaired) electrons. The van der Waals surface area contributed by atoms with Crippen molar-refractivity contribution >= 4 is 53.5 Å². The monoisotopic (exact) mass is 495 g/mol. The molecule has 4 rings (SSSR count). The summed E-state index contributed by atoms with van der Waals surface area (Å²) >= 11 is 6.10. The Hall–Kier alpha value is -2.39. The van der Waals surface area contributed by atoms with Crippen molar-refractivity contribution in [2.75, 3.05) is 5.32 Å². The Labute approximate surface area is 194 Å². The first-order chi connectivity index (χ1) is 14.3. The van der Waals surface area contributed by atoms with E-state index in [9.17, 15) is 12.8 Å². The van der Waals surface area contributed by atoms with Crippen LogP contribution in [0.15, 0.2) is 83.0 Å². The third-order valence-corrected chi connectivity index (χ3v) is 8.18. The maximum Gasteiger partial charge on any atom is 0.237 e. The number of anilines is 2. The van der Waals surface area contributed by atoms with Gasteiger partial charge >= 0.3 is 0 Å². The van der Waals surface area contributed by atoms with E-state index in [0.717, 1.165) is 10.9 Å². The maximum atomic E-state index is 13.3. The fourth-order valence-corrected chi connectivity index (χ4v) is 6.59. The molecule has 0 saturated heterocycles. The Kier molecular flexibility index (Phi) is 7.06. The molecule has 0 bridgehead atoms. The fourth-order valence-electron chi connectivity index (χ4n) is 3.02. The quantitative estimate of drug-likeness (QED) is 0.339. The van der Waals surface area contributed by atoms with Gasteiger partial charge in [-0.15, -0.1) is 0 Å². The van der Waals surface area contributed by atoms with Crippen LogP contribution in [0.5, 0.6) is 0 Å². The zero-order valence-corrected chi connectivity index (χ0v) is 19.2. The van der Waals surface area contributed by atoms with Gasteiger partial charge in [0.25, 0.3) is 0 Å². The standard InChI is InChI=1S/C21H15ClFN3O2S2.ClH/c1-26-13-19(29-30(27,28)20-12-24-11-10-17(20)22)21(16-4-2-3-5-18(16)26)25-15-8-6-14(23)7-9-15;/h2-13H,1H3;1H. The van der Waals surface area contributed by atoms with Crippen LogP contribution in [0.25, 0.3) is 10.9 Å². The molecular formula is C21H16Cl2FN3O2S2. The van der Waals surface area contributed by atoms with E-state index in [0.29, 0.717) is 27.1 Å². The number of fused-ring (bicyclic) bond motifs is 1. The second-order valence-electron chi connectivity index (χ2n) is 6.47. The zero-order valence-electron chi connectivity index (χ0n) is 16.1. The number of hydrogen-bond donors (Lipinski definition) is 1. The number of rotatable bonds is 5. The lowest BCUT2D eigenvalue weighted by Crippen LogP contribution is -3.00. The van der Waals surface area contributed by atoms with Gasteiger partial charge in [-0.2, -0.15) is 4.57 Å². The molecule has 0 aliphatic heterocycles. The minimum atomic E-state index is -3.84. The van der Waals surface area contributed by atoms with Crippen molar-refractivity contribution < 1.29 is 29.8 Å². The number of aryl methyl sites for hydroxylation is 1. The highest BCUT2D eigenvalue weighted by atomic mass is 35.5. The van der Waals surface area contributed by atoms with Crippen LogP contribution in [0.1, 0.15) is 0 Å². The third kappa shape index (κ3) is 4.93. The van der Waals surface area contributed by atoms with Crippen LogP contribution in [0, 0.1) is 5.82 Å². The topological polar surface area (TPSA) is 62.9 Å². The summed E-state index contributed by atoms with van der Waals surface area (Å²) in [5.74, 6) is -0.353. The van der Waals surface area contributed by atoms with Crippen LogP contribution in [0.3, 0.4) is 0 Å². The van der Waals surface area contributed by atoms with E-state index in [1.54, 1.807) is 18.3 Å². The van der Waals surface area contributed by atoms with Crippen molar-refractivity contribution in [1.82, 2.24) is 4.98 Å². The molecule has 0 unspecified atom stereocenters. The first-order valence-corrected chi connectivity index (χ1v) is 12.0. The number of benzene rings is 2. The number of halogens is 3. The molecule has 160 valence electrons. The van der Waals surface area contributed by atoms with Crippen molar-refractivity contribution in [2.24, 2.45) is 7.05 Å². The summed E-state index contributed by atoms with van der Waals surface area (Å²) in [7, 11) is -1.32. The number of para-hydroxylation sites is 1. The summed E-state index contributed by atoms with van der Waals surface area (Å²) in [6.45, 7) is 0. The van der Waals surface area contributed by atoms with Crippen molar-refractivity contribution in [3.63, 3.8) is 0 Å². The molecule has 0 saturated carbocycles. The minimum Gasteiger partial charge on any atom is -1.00 e. The normalized spacial score (nSPS) is 11.2. The number of nitrogens with one attached hydrogen (secondary N) is 1. The molecule has 4 aromatic rings. The van der Waals surface area contributed by atoms with Crippen LogP contribution in [-0.4, -0.2) is 13.4 Å². The molecule has 2 heterocycles. The zero-order chi connectivity index (χ0) is 21.3. The van der Waals surface area contributed by atoms with Crippen LogP contribution in [0.4, 0.5) is 15.8 Å². The van der Waals surface area contributed by atoms with E-state index >= 15 is 0 Å². The van der Waals surface area contributed by atoms with Crippen molar-refractivity contribution in [3.8, 4) is 0 Å². The average Bonchev–Trinajstić information content (AvgIpc) is 2.72. The highest BCUT2D eigenvalue weighted by Crippen LogP contribution is 2.40. The second-order valence-corrected chi connectivity index (χ2v) is 10.7. The molecule has 0 fully saturated rings. The van der Waals surface area contributed by atoms with Gasteiger partial charge < -0.3 is 17.7 Å².